The molecule has 40 valence electrons. The SMILES string of the molecule is O.O.[Al+3].[Al+3].[O-2].[O-2].[O-2]. The van der Waals surface area contributed by atoms with Crippen LogP contribution in [0.3, 0.4) is 0 Å². The molecule has 0 aliphatic carbocycles. The summed E-state index contributed by atoms with van der Waals surface area (Å²) < 4.78 is 0. The van der Waals surface area contributed by atoms with E-state index in [4.69, 9.17) is 0 Å². The second-order valence-corrected chi connectivity index (χ2v) is 0. The van der Waals surface area contributed by atoms with Gasteiger partial charge in [0.25, 0.3) is 0 Å². The Hall–Kier alpha value is 0.865. The van der Waals surface area contributed by atoms with Crippen molar-refractivity contribution in [3.05, 3.63) is 0 Å². The van der Waals surface area contributed by atoms with Crippen molar-refractivity contribution in [2.24, 2.45) is 0 Å². The van der Waals surface area contributed by atoms with E-state index in [0.29, 0.717) is 0 Å². The zero-order valence-electron chi connectivity index (χ0n) is 3.38. The summed E-state index contributed by atoms with van der Waals surface area (Å²) in [6.07, 6.45) is 0. The maximum atomic E-state index is 0. The zero-order valence-corrected chi connectivity index (χ0v) is 5.69. The van der Waals surface area contributed by atoms with E-state index in [0.717, 1.165) is 0 Å². The number of hydrogen-bond acceptors (Lipinski definition) is 0. The molecule has 0 saturated heterocycles. The fourth-order valence-electron chi connectivity index (χ4n) is 0. The van der Waals surface area contributed by atoms with Crippen LogP contribution < -0.4 is 0 Å². The monoisotopic (exact) mass is 138 g/mol. The van der Waals surface area contributed by atoms with Gasteiger partial charge in [-0.3, -0.25) is 0 Å². The van der Waals surface area contributed by atoms with Crippen molar-refractivity contribution in [1.29, 1.82) is 0 Å². The Kier molecular flexibility index (Phi) is 22300. The molecular formula is H4Al2O5. The van der Waals surface area contributed by atoms with Gasteiger partial charge in [0.05, 0.1) is 0 Å². The summed E-state index contributed by atoms with van der Waals surface area (Å²) in [6.45, 7) is 0. The molecule has 0 bridgehead atoms. The predicted octanol–water partition coefficient (Wildman–Crippen LogP) is -2.77. The predicted molar refractivity (Wildman–Crippen MR) is 20.8 cm³/mol. The Labute approximate surface area is 62.5 Å². The van der Waals surface area contributed by atoms with Gasteiger partial charge in [0, 0.05) is 0 Å². The summed E-state index contributed by atoms with van der Waals surface area (Å²) in [4.78, 5) is 0. The normalized spacial score (nSPS) is 0. The molecule has 7 heavy (non-hydrogen) atoms. The molecule has 0 heterocycles. The van der Waals surface area contributed by atoms with Crippen molar-refractivity contribution in [3.8, 4) is 0 Å². The number of rotatable bonds is 0. The molecule has 7 heteroatoms. The van der Waals surface area contributed by atoms with E-state index in [-0.39, 0.29) is 62.1 Å². The minimum absolute atomic E-state index is 0. The van der Waals surface area contributed by atoms with Gasteiger partial charge >= 0.3 is 34.7 Å². The van der Waals surface area contributed by atoms with E-state index in [1.54, 1.807) is 0 Å². The molecule has 0 saturated carbocycles. The Bertz CT molecular complexity index is 6.04. The standard InChI is InChI=1S/2Al.2H2O.3O/h;;2*1H2;;;/q2*+3;;;3*-2. The molecule has 0 aliphatic rings. The minimum Gasteiger partial charge on any atom is -2.00 e. The summed E-state index contributed by atoms with van der Waals surface area (Å²) in [6, 6.07) is 0. The van der Waals surface area contributed by atoms with Gasteiger partial charge in [-0.25, -0.2) is 0 Å². The summed E-state index contributed by atoms with van der Waals surface area (Å²) in [5.41, 5.74) is 0. The second-order valence-electron chi connectivity index (χ2n) is 0. The average Bonchev–Trinajstić information content (AvgIpc) is 0. The van der Waals surface area contributed by atoms with Gasteiger partial charge in [0.1, 0.15) is 0 Å². The smallest absolute Gasteiger partial charge is 2.00 e. The first-order valence-electron chi connectivity index (χ1n) is 0. The molecule has 0 aliphatic heterocycles. The van der Waals surface area contributed by atoms with Crippen LogP contribution in [-0.4, -0.2) is 45.7 Å². The van der Waals surface area contributed by atoms with Crippen molar-refractivity contribution in [3.63, 3.8) is 0 Å². The minimum atomic E-state index is 0. The molecule has 0 spiro atoms. The third kappa shape index (κ3) is 217. The quantitative estimate of drug-likeness (QED) is 0.318. The molecule has 0 aromatic rings. The topological polar surface area (TPSA) is 148 Å². The van der Waals surface area contributed by atoms with Crippen LogP contribution in [0.15, 0.2) is 0 Å². The van der Waals surface area contributed by atoms with Crippen molar-refractivity contribution in [2.45, 2.75) is 0 Å². The Morgan fingerprint density at radius 3 is 0.429 bits per heavy atom. The molecule has 0 atom stereocenters. The van der Waals surface area contributed by atoms with E-state index in [1.807, 2.05) is 0 Å². The summed E-state index contributed by atoms with van der Waals surface area (Å²) >= 11 is 0. The molecule has 0 aromatic heterocycles. The fraction of sp³-hybridized carbons (Fsp3) is 0. The van der Waals surface area contributed by atoms with Gasteiger partial charge in [0.2, 0.25) is 0 Å². The first kappa shape index (κ1) is 495. The maximum absolute atomic E-state index is 0. The van der Waals surface area contributed by atoms with Crippen LogP contribution in [0, 0.1) is 0 Å². The van der Waals surface area contributed by atoms with E-state index >= 15 is 0 Å². The molecule has 0 unspecified atom stereocenters. The average molecular weight is 138 g/mol. The van der Waals surface area contributed by atoms with Crippen molar-refractivity contribution >= 4 is 34.7 Å². The second kappa shape index (κ2) is 316. The van der Waals surface area contributed by atoms with Crippen LogP contribution in [0.4, 0.5) is 0 Å². The van der Waals surface area contributed by atoms with Gasteiger partial charge in [-0.2, -0.15) is 0 Å². The molecule has 0 rings (SSSR count). The van der Waals surface area contributed by atoms with Crippen molar-refractivity contribution < 1.29 is 27.4 Å². The fourth-order valence-corrected chi connectivity index (χ4v) is 0. The number of hydrogen-bond donors (Lipinski definition) is 0. The third-order valence-corrected chi connectivity index (χ3v) is 0. The van der Waals surface area contributed by atoms with Gasteiger partial charge < -0.3 is 27.4 Å². The van der Waals surface area contributed by atoms with Crippen molar-refractivity contribution in [2.75, 3.05) is 0 Å². The summed E-state index contributed by atoms with van der Waals surface area (Å²) in [5.74, 6) is 0. The van der Waals surface area contributed by atoms with Crippen molar-refractivity contribution in [1.82, 2.24) is 0 Å². The molecule has 4 N–H and O–H groups in total. The largest absolute Gasteiger partial charge is 3.00 e. The van der Waals surface area contributed by atoms with Gasteiger partial charge in [-0.15, -0.1) is 0 Å². The van der Waals surface area contributed by atoms with Crippen LogP contribution in [0.25, 0.3) is 0 Å². The molecule has 0 fully saturated rings. The van der Waals surface area contributed by atoms with Crippen LogP contribution in [0.1, 0.15) is 0 Å². The molecule has 0 radical (unpaired) electrons. The Balaban J connectivity index is 0. The van der Waals surface area contributed by atoms with E-state index < -0.39 is 0 Å². The molecule has 5 nitrogen and oxygen atoms in total. The van der Waals surface area contributed by atoms with Crippen LogP contribution in [0.5, 0.6) is 0 Å². The summed E-state index contributed by atoms with van der Waals surface area (Å²) in [7, 11) is 0. The van der Waals surface area contributed by atoms with Crippen LogP contribution in [-0.2, 0) is 16.4 Å². The molecule has 0 amide bonds. The zero-order chi connectivity index (χ0) is 0. The Morgan fingerprint density at radius 2 is 0.429 bits per heavy atom. The van der Waals surface area contributed by atoms with Gasteiger partial charge in [0.15, 0.2) is 0 Å². The van der Waals surface area contributed by atoms with E-state index in [1.165, 1.54) is 0 Å². The maximum Gasteiger partial charge on any atom is 3.00 e. The first-order valence-corrected chi connectivity index (χ1v) is 0. The first-order chi connectivity index (χ1) is 0. The van der Waals surface area contributed by atoms with Crippen LogP contribution >= 0.6 is 0 Å². The van der Waals surface area contributed by atoms with Gasteiger partial charge in [-0.05, 0) is 0 Å². The van der Waals surface area contributed by atoms with E-state index in [2.05, 4.69) is 0 Å². The van der Waals surface area contributed by atoms with E-state index in [9.17, 15) is 0 Å². The summed E-state index contributed by atoms with van der Waals surface area (Å²) in [5, 5.41) is 0. The Morgan fingerprint density at radius 1 is 0.429 bits per heavy atom. The molecular weight excluding hydrogens is 134 g/mol. The van der Waals surface area contributed by atoms with Crippen LogP contribution in [0.2, 0.25) is 0 Å². The third-order valence-electron chi connectivity index (χ3n) is 0. The van der Waals surface area contributed by atoms with Gasteiger partial charge in [-0.1, -0.05) is 0 Å². The molecule has 0 aromatic carbocycles.